The number of piperidine rings is 2. The summed E-state index contributed by atoms with van der Waals surface area (Å²) in [5.74, 6) is 5.40. The maximum atomic E-state index is 12.4. The number of hydrogen-bond donors (Lipinski definition) is 1. The van der Waals surface area contributed by atoms with E-state index in [2.05, 4.69) is 45.3 Å². The number of aryl methyl sites for hydroxylation is 1. The predicted octanol–water partition coefficient (Wildman–Crippen LogP) is 3.04. The first-order valence-electron chi connectivity index (χ1n) is 17.4. The molecule has 0 amide bonds. The molecule has 1 aromatic rings. The van der Waals surface area contributed by atoms with Crippen LogP contribution in [0.1, 0.15) is 96.2 Å². The van der Waals surface area contributed by atoms with Crippen LogP contribution in [0.2, 0.25) is 0 Å². The van der Waals surface area contributed by atoms with Crippen molar-refractivity contribution in [3.63, 3.8) is 0 Å². The summed E-state index contributed by atoms with van der Waals surface area (Å²) in [6.07, 6.45) is 18.7. The molecule has 0 aromatic carbocycles. The number of aliphatic imine (C=N–C) groups is 1. The van der Waals surface area contributed by atoms with E-state index in [1.165, 1.54) is 12.8 Å². The molecule has 246 valence electrons. The van der Waals surface area contributed by atoms with E-state index < -0.39 is 11.2 Å². The quantitative estimate of drug-likeness (QED) is 0.208. The number of carbonyl (C=O) groups excluding carboxylic acids is 2. The third kappa shape index (κ3) is 4.77. The van der Waals surface area contributed by atoms with Crippen LogP contribution in [0.3, 0.4) is 0 Å². The van der Waals surface area contributed by atoms with Gasteiger partial charge < -0.3 is 15.3 Å². The van der Waals surface area contributed by atoms with E-state index in [1.54, 1.807) is 12.2 Å². The van der Waals surface area contributed by atoms with E-state index in [0.717, 1.165) is 93.4 Å². The number of hydrazone groups is 1. The van der Waals surface area contributed by atoms with Crippen LogP contribution in [0, 0.1) is 0 Å². The molecule has 7 aliphatic rings. The van der Waals surface area contributed by atoms with Gasteiger partial charge in [0.25, 0.3) is 0 Å². The van der Waals surface area contributed by atoms with Gasteiger partial charge in [0, 0.05) is 43.1 Å². The lowest BCUT2D eigenvalue weighted by Crippen LogP contribution is -2.56. The Kier molecular flexibility index (Phi) is 7.43. The van der Waals surface area contributed by atoms with Crippen molar-refractivity contribution in [3.8, 4) is 0 Å². The fourth-order valence-electron chi connectivity index (χ4n) is 9.99. The van der Waals surface area contributed by atoms with Crippen molar-refractivity contribution >= 4 is 23.9 Å². The maximum absolute atomic E-state index is 12.4. The van der Waals surface area contributed by atoms with E-state index in [9.17, 15) is 9.59 Å². The summed E-state index contributed by atoms with van der Waals surface area (Å²) in [5.41, 5.74) is 2.88. The Hall–Kier alpha value is -3.38. The van der Waals surface area contributed by atoms with Gasteiger partial charge >= 0.3 is 11.9 Å². The van der Waals surface area contributed by atoms with Crippen LogP contribution in [0.15, 0.2) is 39.6 Å². The number of aromatic nitrogens is 3. The van der Waals surface area contributed by atoms with Gasteiger partial charge in [-0.2, -0.15) is 5.10 Å². The highest BCUT2D eigenvalue weighted by atomic mass is 16.6. The Balaban J connectivity index is 0.917. The van der Waals surface area contributed by atoms with Crippen molar-refractivity contribution < 1.29 is 19.1 Å². The average molecular weight is 631 g/mol. The zero-order chi connectivity index (χ0) is 31.6. The minimum Gasteiger partial charge on any atom is -0.450 e. The van der Waals surface area contributed by atoms with Gasteiger partial charge in [0.1, 0.15) is 5.60 Å². The van der Waals surface area contributed by atoms with E-state index in [-0.39, 0.29) is 48.2 Å². The van der Waals surface area contributed by atoms with E-state index in [4.69, 9.17) is 20.3 Å². The highest BCUT2D eigenvalue weighted by molar-refractivity contribution is 6.30. The van der Waals surface area contributed by atoms with E-state index >= 15 is 0 Å². The molecular weight excluding hydrogens is 584 g/mol. The zero-order valence-electron chi connectivity index (χ0n) is 27.0. The van der Waals surface area contributed by atoms with Gasteiger partial charge in [-0.1, -0.05) is 18.1 Å². The van der Waals surface area contributed by atoms with Crippen molar-refractivity contribution in [3.05, 3.63) is 35.2 Å². The number of carbonyl (C=O) groups is 2. The van der Waals surface area contributed by atoms with Crippen molar-refractivity contribution in [2.75, 3.05) is 13.1 Å². The number of fused-ring (bicyclic) bond motifs is 6. The maximum Gasteiger partial charge on any atom is 0.331 e. The second-order valence-electron chi connectivity index (χ2n) is 14.7. The zero-order valence-corrected chi connectivity index (χ0v) is 27.0. The molecule has 2 N–H and O–H groups in total. The van der Waals surface area contributed by atoms with Crippen molar-refractivity contribution in [1.29, 1.82) is 0 Å². The minimum atomic E-state index is -0.573. The van der Waals surface area contributed by atoms with Crippen LogP contribution in [-0.2, 0) is 25.5 Å². The molecule has 5 fully saturated rings. The van der Waals surface area contributed by atoms with Crippen LogP contribution in [0.4, 0.5) is 0 Å². The molecule has 1 aromatic heterocycles. The van der Waals surface area contributed by atoms with Gasteiger partial charge in [-0.25, -0.2) is 14.3 Å². The molecule has 2 bridgehead atoms. The van der Waals surface area contributed by atoms with Crippen molar-refractivity contribution in [2.24, 2.45) is 15.9 Å². The van der Waals surface area contributed by atoms with Gasteiger partial charge in [0.05, 0.1) is 35.6 Å². The molecule has 12 heteroatoms. The normalized spacial score (nSPS) is 39.2. The summed E-state index contributed by atoms with van der Waals surface area (Å²) >= 11 is 0. The molecule has 6 aliphatic heterocycles. The summed E-state index contributed by atoms with van der Waals surface area (Å²) in [5, 5.41) is 13.2. The van der Waals surface area contributed by atoms with Crippen LogP contribution >= 0.6 is 0 Å². The summed E-state index contributed by atoms with van der Waals surface area (Å²) in [6.45, 7) is 6.40. The molecule has 0 radical (unpaired) electrons. The Morgan fingerprint density at radius 1 is 1.02 bits per heavy atom. The number of hydrogen-bond acceptors (Lipinski definition) is 11. The van der Waals surface area contributed by atoms with Gasteiger partial charge in [-0.3, -0.25) is 14.8 Å². The van der Waals surface area contributed by atoms with Crippen LogP contribution in [-0.4, -0.2) is 103 Å². The first kappa shape index (κ1) is 30.0. The molecule has 4 saturated heterocycles. The molecule has 8 atom stereocenters. The first-order valence-corrected chi connectivity index (χ1v) is 17.4. The Bertz CT molecular complexity index is 1530. The lowest BCUT2D eigenvalue weighted by atomic mass is 9.75. The average Bonchev–Trinajstić information content (AvgIpc) is 3.79. The third-order valence-corrected chi connectivity index (χ3v) is 12.3. The van der Waals surface area contributed by atoms with E-state index in [1.807, 2.05) is 10.9 Å². The van der Waals surface area contributed by atoms with Gasteiger partial charge in [-0.15, -0.1) is 5.10 Å². The van der Waals surface area contributed by atoms with Crippen LogP contribution < -0.4 is 5.84 Å². The topological polar surface area (TPSA) is 141 Å². The fraction of sp³-hybridized carbons (Fsp3) is 0.706. The standard InChI is InChI=1S/C34H46N8O4/c1-21-27(15-22-16-31(43)45-33(22,2)29-10-3-5-12-40(21)29)42-20-25(38-39-42)9-7-8-24(37-35)19-36-26-14-23-17-32(44)46-34(23)18-28(26)41-13-6-4-11-30(34)41/h16-17,19-21,26-30H,3-15,18,35H2,1-2H3/t21-,26?,27-,28?,29?,30?,33-,34?/m0/s1. The molecule has 1 aliphatic carbocycles. The molecule has 7 heterocycles. The predicted molar refractivity (Wildman–Crippen MR) is 171 cm³/mol. The van der Waals surface area contributed by atoms with Crippen LogP contribution in [0.25, 0.3) is 0 Å². The molecule has 5 unspecified atom stereocenters. The van der Waals surface area contributed by atoms with Crippen molar-refractivity contribution in [2.45, 2.75) is 138 Å². The number of nitrogens with zero attached hydrogens (tertiary/aromatic N) is 7. The minimum absolute atomic E-state index is 0.0622. The Labute approximate surface area is 270 Å². The summed E-state index contributed by atoms with van der Waals surface area (Å²) in [7, 11) is 0. The second-order valence-corrected chi connectivity index (χ2v) is 14.7. The van der Waals surface area contributed by atoms with Gasteiger partial charge in [-0.05, 0) is 95.9 Å². The molecule has 8 rings (SSSR count). The first-order chi connectivity index (χ1) is 22.3. The number of ether oxygens (including phenoxy) is 2. The monoisotopic (exact) mass is 630 g/mol. The highest BCUT2D eigenvalue weighted by Gasteiger charge is 2.64. The molecule has 12 nitrogen and oxygen atoms in total. The fourth-order valence-corrected chi connectivity index (χ4v) is 9.99. The van der Waals surface area contributed by atoms with Crippen LogP contribution in [0.5, 0.6) is 0 Å². The van der Waals surface area contributed by atoms with Crippen molar-refractivity contribution in [1.82, 2.24) is 24.8 Å². The smallest absolute Gasteiger partial charge is 0.331 e. The highest BCUT2D eigenvalue weighted by Crippen LogP contribution is 2.54. The molecule has 1 saturated carbocycles. The second kappa shape index (κ2) is 11.4. The third-order valence-electron chi connectivity index (χ3n) is 12.3. The number of nitrogens with two attached hydrogens (primary N) is 1. The summed E-state index contributed by atoms with van der Waals surface area (Å²) in [6, 6.07) is 1.11. The largest absolute Gasteiger partial charge is 0.450 e. The lowest BCUT2D eigenvalue weighted by Gasteiger charge is -2.45. The SMILES string of the molecule is C[C@H]1[C@@H](n2cc(CCCC(C=NC3CC4=CC(=O)OC45CC3N3CCCCC35)=NN)nn2)CC2=CC(=O)O[C@]2(C)C2CCCCN21. The summed E-state index contributed by atoms with van der Waals surface area (Å²) in [4.78, 5) is 34.9. The van der Waals surface area contributed by atoms with E-state index in [0.29, 0.717) is 6.42 Å². The van der Waals surface area contributed by atoms with Gasteiger partial charge in [0.15, 0.2) is 5.60 Å². The Morgan fingerprint density at radius 3 is 2.61 bits per heavy atom. The Morgan fingerprint density at radius 2 is 1.78 bits per heavy atom. The summed E-state index contributed by atoms with van der Waals surface area (Å²) < 4.78 is 14.0. The molecular formula is C34H46N8O4. The molecule has 1 spiro atoms. The lowest BCUT2D eigenvalue weighted by molar-refractivity contribution is -0.152. The number of rotatable bonds is 7. The van der Waals surface area contributed by atoms with Gasteiger partial charge in [0.2, 0.25) is 0 Å². The molecule has 46 heavy (non-hydrogen) atoms. The number of esters is 2.